The molecule has 4 nitrogen and oxygen atoms in total. The molecule has 1 saturated heterocycles. The number of hydrogen-bond acceptors (Lipinski definition) is 3. The van der Waals surface area contributed by atoms with Gasteiger partial charge in [-0.25, -0.2) is 0 Å². The number of aryl methyl sites for hydroxylation is 2. The normalized spacial score (nSPS) is 17.3. The maximum atomic E-state index is 13.1. The summed E-state index contributed by atoms with van der Waals surface area (Å²) in [5.41, 5.74) is 7.48. The van der Waals surface area contributed by atoms with Gasteiger partial charge in [-0.2, -0.15) is 0 Å². The fourth-order valence-electron chi connectivity index (χ4n) is 6.13. The van der Waals surface area contributed by atoms with Gasteiger partial charge in [0.25, 0.3) is 5.91 Å². The molecule has 1 heterocycles. The fraction of sp³-hybridized carbons (Fsp3) is 0.406. The molecule has 0 spiro atoms. The van der Waals surface area contributed by atoms with Crippen LogP contribution < -0.4 is 10.1 Å². The topological polar surface area (TPSA) is 41.6 Å². The SMILES string of the molecule is COc1ccc(NC(=O)c2ccc(-c3cc(C)cc(C)c3)cc2)cc1C1CCN(C2CCCC2)CC1. The maximum absolute atomic E-state index is 13.1. The van der Waals surface area contributed by atoms with E-state index in [1.165, 1.54) is 47.9 Å². The number of piperidine rings is 1. The van der Waals surface area contributed by atoms with E-state index in [1.54, 1.807) is 7.11 Å². The van der Waals surface area contributed by atoms with Crippen LogP contribution in [0.1, 0.15) is 71.5 Å². The molecule has 1 saturated carbocycles. The van der Waals surface area contributed by atoms with E-state index in [9.17, 15) is 4.79 Å². The molecule has 0 aromatic heterocycles. The van der Waals surface area contributed by atoms with Crippen molar-refractivity contribution in [1.29, 1.82) is 0 Å². The third kappa shape index (κ3) is 5.49. The number of carbonyl (C=O) groups excluding carboxylic acids is 1. The maximum Gasteiger partial charge on any atom is 0.255 e. The standard InChI is InChI=1S/C32H38N2O2/c1-22-18-23(2)20-27(19-22)24-8-10-26(11-9-24)32(35)33-28-12-13-31(36-3)30(21-28)25-14-16-34(17-15-25)29-6-4-5-7-29/h8-13,18-21,25,29H,4-7,14-17H2,1-3H3,(H,33,35). The number of ether oxygens (including phenoxy) is 1. The molecule has 1 amide bonds. The van der Waals surface area contributed by atoms with Crippen molar-refractivity contribution in [1.82, 2.24) is 4.90 Å². The van der Waals surface area contributed by atoms with E-state index in [1.807, 2.05) is 36.4 Å². The number of likely N-dealkylation sites (tertiary alicyclic amines) is 1. The van der Waals surface area contributed by atoms with Crippen LogP contribution in [0.15, 0.2) is 60.7 Å². The van der Waals surface area contributed by atoms with Crippen molar-refractivity contribution in [2.24, 2.45) is 0 Å². The first-order valence-corrected chi connectivity index (χ1v) is 13.4. The summed E-state index contributed by atoms with van der Waals surface area (Å²) in [7, 11) is 1.74. The number of nitrogens with one attached hydrogen (secondary N) is 1. The largest absolute Gasteiger partial charge is 0.496 e. The quantitative estimate of drug-likeness (QED) is 0.399. The van der Waals surface area contributed by atoms with E-state index in [-0.39, 0.29) is 5.91 Å². The van der Waals surface area contributed by atoms with E-state index in [0.717, 1.165) is 49.0 Å². The zero-order chi connectivity index (χ0) is 25.1. The summed E-state index contributed by atoms with van der Waals surface area (Å²) in [6, 6.07) is 21.3. The summed E-state index contributed by atoms with van der Waals surface area (Å²) >= 11 is 0. The van der Waals surface area contributed by atoms with Crippen molar-refractivity contribution in [3.05, 3.63) is 82.9 Å². The smallest absolute Gasteiger partial charge is 0.255 e. The van der Waals surface area contributed by atoms with Crippen LogP contribution in [0.3, 0.4) is 0 Å². The first kappa shape index (κ1) is 24.6. The monoisotopic (exact) mass is 482 g/mol. The highest BCUT2D eigenvalue weighted by atomic mass is 16.5. The Labute approximate surface area is 215 Å². The molecular weight excluding hydrogens is 444 g/mol. The second-order valence-corrected chi connectivity index (χ2v) is 10.6. The Morgan fingerprint density at radius 3 is 2.14 bits per heavy atom. The Hall–Kier alpha value is -3.11. The molecule has 4 heteroatoms. The van der Waals surface area contributed by atoms with Gasteiger partial charge in [-0.3, -0.25) is 4.79 Å². The molecule has 0 atom stereocenters. The van der Waals surface area contributed by atoms with Gasteiger partial charge < -0.3 is 15.0 Å². The lowest BCUT2D eigenvalue weighted by atomic mass is 9.87. The van der Waals surface area contributed by atoms with Crippen LogP contribution in [-0.2, 0) is 0 Å². The van der Waals surface area contributed by atoms with Crippen molar-refractivity contribution in [3.8, 4) is 16.9 Å². The molecule has 0 radical (unpaired) electrons. The lowest BCUT2D eigenvalue weighted by molar-refractivity contribution is 0.102. The lowest BCUT2D eigenvalue weighted by Crippen LogP contribution is -2.39. The number of methoxy groups -OCH3 is 1. The second kappa shape index (κ2) is 10.9. The van der Waals surface area contributed by atoms with Crippen molar-refractivity contribution >= 4 is 11.6 Å². The molecule has 1 aliphatic heterocycles. The highest BCUT2D eigenvalue weighted by Gasteiger charge is 2.29. The van der Waals surface area contributed by atoms with Gasteiger partial charge >= 0.3 is 0 Å². The molecule has 5 rings (SSSR count). The molecule has 2 fully saturated rings. The molecule has 0 bridgehead atoms. The highest BCUT2D eigenvalue weighted by Crippen LogP contribution is 2.38. The van der Waals surface area contributed by atoms with Gasteiger partial charge in [0, 0.05) is 17.3 Å². The molecule has 2 aliphatic rings. The number of benzene rings is 3. The Morgan fingerprint density at radius 2 is 1.50 bits per heavy atom. The van der Waals surface area contributed by atoms with Gasteiger partial charge in [-0.1, -0.05) is 54.3 Å². The lowest BCUT2D eigenvalue weighted by Gasteiger charge is -2.36. The van der Waals surface area contributed by atoms with Gasteiger partial charge in [0.05, 0.1) is 7.11 Å². The summed E-state index contributed by atoms with van der Waals surface area (Å²) < 4.78 is 5.72. The minimum Gasteiger partial charge on any atom is -0.496 e. The molecule has 188 valence electrons. The fourth-order valence-corrected chi connectivity index (χ4v) is 6.13. The minimum atomic E-state index is -0.0888. The summed E-state index contributed by atoms with van der Waals surface area (Å²) in [5, 5.41) is 3.12. The van der Waals surface area contributed by atoms with E-state index < -0.39 is 0 Å². The van der Waals surface area contributed by atoms with Gasteiger partial charge in [0.1, 0.15) is 5.75 Å². The van der Waals surface area contributed by atoms with E-state index in [0.29, 0.717) is 11.5 Å². The first-order valence-electron chi connectivity index (χ1n) is 13.4. The molecule has 0 unspecified atom stereocenters. The zero-order valence-corrected chi connectivity index (χ0v) is 21.8. The Kier molecular flexibility index (Phi) is 7.43. The van der Waals surface area contributed by atoms with Gasteiger partial charge in [-0.15, -0.1) is 0 Å². The van der Waals surface area contributed by atoms with Crippen molar-refractivity contribution in [3.63, 3.8) is 0 Å². The summed E-state index contributed by atoms with van der Waals surface area (Å²) in [6.07, 6.45) is 7.78. The molecular formula is C32H38N2O2. The second-order valence-electron chi connectivity index (χ2n) is 10.6. The van der Waals surface area contributed by atoms with Crippen molar-refractivity contribution in [2.45, 2.75) is 64.3 Å². The highest BCUT2D eigenvalue weighted by molar-refractivity contribution is 6.04. The Morgan fingerprint density at radius 1 is 0.833 bits per heavy atom. The van der Waals surface area contributed by atoms with Gasteiger partial charge in [-0.05, 0) is 106 Å². The number of carbonyl (C=O) groups is 1. The molecule has 36 heavy (non-hydrogen) atoms. The molecule has 3 aromatic carbocycles. The Balaban J connectivity index is 1.27. The van der Waals surface area contributed by atoms with Crippen LogP contribution >= 0.6 is 0 Å². The average molecular weight is 483 g/mol. The third-order valence-electron chi connectivity index (χ3n) is 8.00. The number of nitrogens with zero attached hydrogens (tertiary/aromatic N) is 1. The van der Waals surface area contributed by atoms with Crippen LogP contribution in [0.25, 0.3) is 11.1 Å². The molecule has 1 N–H and O–H groups in total. The third-order valence-corrected chi connectivity index (χ3v) is 8.00. The Bertz CT molecular complexity index is 1180. The minimum absolute atomic E-state index is 0.0888. The predicted molar refractivity (Wildman–Crippen MR) is 148 cm³/mol. The van der Waals surface area contributed by atoms with E-state index in [2.05, 4.69) is 48.3 Å². The molecule has 3 aromatic rings. The van der Waals surface area contributed by atoms with Crippen LogP contribution in [0.2, 0.25) is 0 Å². The van der Waals surface area contributed by atoms with Crippen LogP contribution in [0.4, 0.5) is 5.69 Å². The summed E-state index contributed by atoms with van der Waals surface area (Å²) in [5.74, 6) is 1.30. The zero-order valence-electron chi connectivity index (χ0n) is 21.8. The van der Waals surface area contributed by atoms with Crippen LogP contribution in [0.5, 0.6) is 5.75 Å². The van der Waals surface area contributed by atoms with E-state index in [4.69, 9.17) is 4.74 Å². The predicted octanol–water partition coefficient (Wildman–Crippen LogP) is 7.35. The van der Waals surface area contributed by atoms with Gasteiger partial charge in [0.2, 0.25) is 0 Å². The molecule has 1 aliphatic carbocycles. The number of amides is 1. The van der Waals surface area contributed by atoms with E-state index >= 15 is 0 Å². The first-order chi connectivity index (χ1) is 17.5. The summed E-state index contributed by atoms with van der Waals surface area (Å²) in [6.45, 7) is 6.53. The number of rotatable bonds is 6. The van der Waals surface area contributed by atoms with Crippen LogP contribution in [0, 0.1) is 13.8 Å². The van der Waals surface area contributed by atoms with Crippen LogP contribution in [-0.4, -0.2) is 37.0 Å². The average Bonchev–Trinajstić information content (AvgIpc) is 3.43. The number of anilines is 1. The number of hydrogen-bond donors (Lipinski definition) is 1. The van der Waals surface area contributed by atoms with Gasteiger partial charge in [0.15, 0.2) is 0 Å². The van der Waals surface area contributed by atoms with Crippen molar-refractivity contribution in [2.75, 3.05) is 25.5 Å². The van der Waals surface area contributed by atoms with Crippen molar-refractivity contribution < 1.29 is 9.53 Å². The summed E-state index contributed by atoms with van der Waals surface area (Å²) in [4.78, 5) is 15.8.